The number of benzene rings is 2. The highest BCUT2D eigenvalue weighted by atomic mass is 16.5. The second-order valence-electron chi connectivity index (χ2n) is 8.16. The van der Waals surface area contributed by atoms with E-state index in [0.717, 1.165) is 52.2 Å². The van der Waals surface area contributed by atoms with Crippen molar-refractivity contribution >= 4 is 27.9 Å². The molecule has 5 aromatic rings. The third-order valence-corrected chi connectivity index (χ3v) is 6.20. The number of methoxy groups -OCH3 is 1. The van der Waals surface area contributed by atoms with Crippen molar-refractivity contribution in [3.8, 4) is 23.1 Å². The maximum atomic E-state index is 7.34. The first-order chi connectivity index (χ1) is 16.7. The van der Waals surface area contributed by atoms with Gasteiger partial charge in [-0.15, -0.1) is 0 Å². The SMILES string of the molecule is [C-]#[N+]c1ccc2ncn(-c3ncc4nc(-c5ccc(OC)cc5)n(C5CCOCC5)c4n3)c2c1. The second-order valence-corrected chi connectivity index (χ2v) is 8.16. The molecule has 1 aliphatic rings. The number of ether oxygens (including phenoxy) is 2. The van der Waals surface area contributed by atoms with E-state index in [-0.39, 0.29) is 6.04 Å². The van der Waals surface area contributed by atoms with E-state index in [1.54, 1.807) is 31.8 Å². The Kier molecular flexibility index (Phi) is 4.93. The number of hydrogen-bond acceptors (Lipinski definition) is 6. The first-order valence-corrected chi connectivity index (χ1v) is 11.1. The summed E-state index contributed by atoms with van der Waals surface area (Å²) in [6.45, 7) is 8.75. The molecule has 0 spiro atoms. The second kappa shape index (κ2) is 8.24. The van der Waals surface area contributed by atoms with Crippen molar-refractivity contribution in [3.63, 3.8) is 0 Å². The van der Waals surface area contributed by atoms with Gasteiger partial charge < -0.3 is 14.0 Å². The molecule has 3 aromatic heterocycles. The zero-order valence-corrected chi connectivity index (χ0v) is 18.5. The molecule has 0 saturated carbocycles. The van der Waals surface area contributed by atoms with Gasteiger partial charge in [0.05, 0.1) is 30.9 Å². The Balaban J connectivity index is 1.54. The Hall–Kier alpha value is -4.29. The van der Waals surface area contributed by atoms with Gasteiger partial charge in [-0.25, -0.2) is 19.8 Å². The predicted octanol–water partition coefficient (Wildman–Crippen LogP) is 4.74. The molecule has 2 aromatic carbocycles. The normalized spacial score (nSPS) is 14.5. The molecule has 9 nitrogen and oxygen atoms in total. The van der Waals surface area contributed by atoms with Crippen LogP contribution in [0.25, 0.3) is 44.4 Å². The minimum atomic E-state index is 0.215. The van der Waals surface area contributed by atoms with Crippen LogP contribution in [0.3, 0.4) is 0 Å². The summed E-state index contributed by atoms with van der Waals surface area (Å²) in [6, 6.07) is 13.5. The van der Waals surface area contributed by atoms with Gasteiger partial charge in [-0.1, -0.05) is 6.07 Å². The summed E-state index contributed by atoms with van der Waals surface area (Å²) < 4.78 is 15.0. The van der Waals surface area contributed by atoms with Crippen LogP contribution in [0.15, 0.2) is 55.0 Å². The van der Waals surface area contributed by atoms with Crippen molar-refractivity contribution in [2.75, 3.05) is 20.3 Å². The minimum absolute atomic E-state index is 0.215. The number of nitrogens with zero attached hydrogens (tertiary/aromatic N) is 7. The van der Waals surface area contributed by atoms with Crippen LogP contribution in [0.1, 0.15) is 18.9 Å². The van der Waals surface area contributed by atoms with Gasteiger partial charge in [0, 0.05) is 24.8 Å². The van der Waals surface area contributed by atoms with Gasteiger partial charge in [0.1, 0.15) is 23.4 Å². The summed E-state index contributed by atoms with van der Waals surface area (Å²) in [4.78, 5) is 22.5. The van der Waals surface area contributed by atoms with Crippen molar-refractivity contribution in [3.05, 3.63) is 66.4 Å². The van der Waals surface area contributed by atoms with Crippen molar-refractivity contribution in [1.82, 2.24) is 29.1 Å². The van der Waals surface area contributed by atoms with Gasteiger partial charge in [0.15, 0.2) is 11.3 Å². The van der Waals surface area contributed by atoms with Crippen LogP contribution in [-0.2, 0) is 4.74 Å². The molecule has 168 valence electrons. The van der Waals surface area contributed by atoms with Crippen molar-refractivity contribution in [1.29, 1.82) is 0 Å². The zero-order chi connectivity index (χ0) is 23.1. The smallest absolute Gasteiger partial charge is 0.237 e. The molecule has 0 atom stereocenters. The Labute approximate surface area is 195 Å². The summed E-state index contributed by atoms with van der Waals surface area (Å²) in [6.07, 6.45) is 5.22. The summed E-state index contributed by atoms with van der Waals surface area (Å²) in [5.41, 5.74) is 4.61. The third kappa shape index (κ3) is 3.36. The molecule has 1 aliphatic heterocycles. The minimum Gasteiger partial charge on any atom is -0.497 e. The van der Waals surface area contributed by atoms with E-state index in [9.17, 15) is 0 Å². The molecule has 6 rings (SSSR count). The Morgan fingerprint density at radius 1 is 1.03 bits per heavy atom. The highest BCUT2D eigenvalue weighted by Crippen LogP contribution is 2.33. The van der Waals surface area contributed by atoms with Gasteiger partial charge in [-0.3, -0.25) is 4.57 Å². The van der Waals surface area contributed by atoms with Gasteiger partial charge in [0.25, 0.3) is 0 Å². The number of imidazole rings is 2. The van der Waals surface area contributed by atoms with E-state index in [1.165, 1.54) is 0 Å². The van der Waals surface area contributed by atoms with E-state index in [1.807, 2.05) is 34.9 Å². The lowest BCUT2D eigenvalue weighted by Gasteiger charge is -2.25. The fraction of sp³-hybridized carbons (Fsp3) is 0.240. The van der Waals surface area contributed by atoms with E-state index in [2.05, 4.69) is 19.4 Å². The summed E-state index contributed by atoms with van der Waals surface area (Å²) >= 11 is 0. The average molecular weight is 451 g/mol. The third-order valence-electron chi connectivity index (χ3n) is 6.20. The van der Waals surface area contributed by atoms with Crippen molar-refractivity contribution in [2.24, 2.45) is 0 Å². The monoisotopic (exact) mass is 451 g/mol. The number of rotatable bonds is 4. The Morgan fingerprint density at radius 3 is 2.62 bits per heavy atom. The van der Waals surface area contributed by atoms with Crippen LogP contribution in [0.2, 0.25) is 0 Å². The molecule has 0 unspecified atom stereocenters. The standard InChI is InChI=1S/C25H21N7O2/c1-26-17-5-8-20-22(13-17)31(15-28-20)25-27-14-21-24(30-25)32(18-9-11-34-12-10-18)23(29-21)16-3-6-19(33-2)7-4-16/h3-8,13-15,18H,9-12H2,2H3. The van der Waals surface area contributed by atoms with Crippen LogP contribution in [0.4, 0.5) is 5.69 Å². The lowest BCUT2D eigenvalue weighted by Crippen LogP contribution is -2.20. The number of aromatic nitrogens is 6. The Morgan fingerprint density at radius 2 is 1.85 bits per heavy atom. The van der Waals surface area contributed by atoms with Crippen LogP contribution in [0.5, 0.6) is 5.75 Å². The fourth-order valence-corrected chi connectivity index (χ4v) is 4.46. The topological polar surface area (TPSA) is 84.2 Å². The highest BCUT2D eigenvalue weighted by Gasteiger charge is 2.24. The van der Waals surface area contributed by atoms with Gasteiger partial charge in [0.2, 0.25) is 5.95 Å². The molecule has 1 fully saturated rings. The molecular formula is C25H21N7O2. The first-order valence-electron chi connectivity index (χ1n) is 11.1. The largest absolute Gasteiger partial charge is 0.497 e. The predicted molar refractivity (Wildman–Crippen MR) is 127 cm³/mol. The number of hydrogen-bond donors (Lipinski definition) is 0. The molecule has 9 heteroatoms. The van der Waals surface area contributed by atoms with Gasteiger partial charge >= 0.3 is 0 Å². The quantitative estimate of drug-likeness (QED) is 0.367. The molecule has 0 aliphatic carbocycles. The average Bonchev–Trinajstić information content (AvgIpc) is 3.50. The van der Waals surface area contributed by atoms with Gasteiger partial charge in [-0.05, 0) is 49.2 Å². The highest BCUT2D eigenvalue weighted by molar-refractivity contribution is 5.82. The lowest BCUT2D eigenvalue weighted by atomic mass is 10.1. The molecule has 0 amide bonds. The van der Waals surface area contributed by atoms with E-state index < -0.39 is 0 Å². The maximum absolute atomic E-state index is 7.34. The molecule has 0 radical (unpaired) electrons. The maximum Gasteiger partial charge on any atom is 0.237 e. The molecule has 1 saturated heterocycles. The van der Waals surface area contributed by atoms with E-state index >= 15 is 0 Å². The zero-order valence-electron chi connectivity index (χ0n) is 18.5. The summed E-state index contributed by atoms with van der Waals surface area (Å²) in [5.74, 6) is 2.14. The van der Waals surface area contributed by atoms with E-state index in [0.29, 0.717) is 24.8 Å². The van der Waals surface area contributed by atoms with Crippen molar-refractivity contribution < 1.29 is 9.47 Å². The fourth-order valence-electron chi connectivity index (χ4n) is 4.46. The van der Waals surface area contributed by atoms with E-state index in [4.69, 9.17) is 26.0 Å². The summed E-state index contributed by atoms with van der Waals surface area (Å²) in [7, 11) is 1.66. The Bertz CT molecular complexity index is 1540. The van der Waals surface area contributed by atoms with Crippen molar-refractivity contribution in [2.45, 2.75) is 18.9 Å². The van der Waals surface area contributed by atoms with Crippen LogP contribution < -0.4 is 4.74 Å². The van der Waals surface area contributed by atoms with Crippen LogP contribution in [-0.4, -0.2) is 49.4 Å². The summed E-state index contributed by atoms with van der Waals surface area (Å²) in [5, 5.41) is 0. The first kappa shape index (κ1) is 20.3. The molecule has 4 heterocycles. The molecule has 0 bridgehead atoms. The van der Waals surface area contributed by atoms with Crippen LogP contribution in [0, 0.1) is 6.57 Å². The molecule has 0 N–H and O–H groups in total. The lowest BCUT2D eigenvalue weighted by molar-refractivity contribution is 0.0708. The van der Waals surface area contributed by atoms with Crippen LogP contribution >= 0.6 is 0 Å². The molecular weight excluding hydrogens is 430 g/mol. The molecule has 34 heavy (non-hydrogen) atoms. The van der Waals surface area contributed by atoms with Gasteiger partial charge in [-0.2, -0.15) is 4.98 Å². The number of fused-ring (bicyclic) bond motifs is 2.